The summed E-state index contributed by atoms with van der Waals surface area (Å²) < 4.78 is 30.9. The number of sulfonamides is 1. The van der Waals surface area contributed by atoms with Gasteiger partial charge < -0.3 is 10.1 Å². The molecule has 0 bridgehead atoms. The van der Waals surface area contributed by atoms with Crippen molar-refractivity contribution in [3.8, 4) is 5.75 Å². The lowest BCUT2D eigenvalue weighted by Gasteiger charge is -2.28. The fraction of sp³-hybridized carbons (Fsp3) is 0.278. The molecule has 1 atom stereocenters. The van der Waals surface area contributed by atoms with Gasteiger partial charge in [-0.15, -0.1) is 0 Å². The molecule has 146 valence electrons. The summed E-state index contributed by atoms with van der Waals surface area (Å²) in [5.74, 6) is 0.190. The van der Waals surface area contributed by atoms with Gasteiger partial charge in [-0.1, -0.05) is 23.2 Å². The summed E-state index contributed by atoms with van der Waals surface area (Å²) in [6, 6.07) is 12.2. The topological polar surface area (TPSA) is 75.7 Å². The minimum Gasteiger partial charge on any atom is -0.492 e. The molecular weight excluding hydrogens is 411 g/mol. The van der Waals surface area contributed by atoms with E-state index in [9.17, 15) is 13.2 Å². The molecule has 0 saturated heterocycles. The molecule has 2 rings (SSSR count). The fourth-order valence-electron chi connectivity index (χ4n) is 2.42. The van der Waals surface area contributed by atoms with E-state index in [1.54, 1.807) is 48.5 Å². The Morgan fingerprint density at radius 2 is 1.59 bits per heavy atom. The van der Waals surface area contributed by atoms with Crippen LogP contribution in [0.3, 0.4) is 0 Å². The number of nitrogens with one attached hydrogen (secondary N) is 1. The molecule has 0 aliphatic heterocycles. The highest BCUT2D eigenvalue weighted by Crippen LogP contribution is 2.23. The fourth-order valence-corrected chi connectivity index (χ4v) is 3.85. The minimum absolute atomic E-state index is 0.226. The average Bonchev–Trinajstić information content (AvgIpc) is 2.60. The van der Waals surface area contributed by atoms with Crippen LogP contribution in [0.5, 0.6) is 5.75 Å². The van der Waals surface area contributed by atoms with E-state index in [-0.39, 0.29) is 13.2 Å². The van der Waals surface area contributed by atoms with Crippen LogP contribution >= 0.6 is 23.2 Å². The van der Waals surface area contributed by atoms with E-state index in [0.717, 1.165) is 10.6 Å². The van der Waals surface area contributed by atoms with Crippen LogP contribution in [-0.4, -0.2) is 39.8 Å². The van der Waals surface area contributed by atoms with Crippen molar-refractivity contribution in [2.24, 2.45) is 0 Å². The van der Waals surface area contributed by atoms with E-state index < -0.39 is 22.0 Å². The predicted molar refractivity (Wildman–Crippen MR) is 108 cm³/mol. The van der Waals surface area contributed by atoms with Gasteiger partial charge in [0.25, 0.3) is 0 Å². The molecule has 0 aliphatic carbocycles. The quantitative estimate of drug-likeness (QED) is 0.651. The summed E-state index contributed by atoms with van der Waals surface area (Å²) >= 11 is 11.6. The van der Waals surface area contributed by atoms with Crippen molar-refractivity contribution in [3.63, 3.8) is 0 Å². The van der Waals surface area contributed by atoms with Crippen molar-refractivity contribution < 1.29 is 17.9 Å². The van der Waals surface area contributed by atoms with Crippen LogP contribution in [0.25, 0.3) is 0 Å². The predicted octanol–water partition coefficient (Wildman–Crippen LogP) is 3.34. The molecule has 6 nitrogen and oxygen atoms in total. The molecule has 0 saturated carbocycles. The van der Waals surface area contributed by atoms with E-state index in [1.165, 1.54) is 6.92 Å². The molecule has 0 unspecified atom stereocenters. The third-order valence-electron chi connectivity index (χ3n) is 3.65. The first-order valence-corrected chi connectivity index (χ1v) is 10.7. The first-order chi connectivity index (χ1) is 12.7. The lowest BCUT2D eigenvalue weighted by atomic mass is 10.2. The number of rotatable bonds is 8. The van der Waals surface area contributed by atoms with E-state index in [2.05, 4.69) is 5.32 Å². The van der Waals surface area contributed by atoms with E-state index in [0.29, 0.717) is 21.5 Å². The van der Waals surface area contributed by atoms with Crippen LogP contribution in [0, 0.1) is 0 Å². The molecule has 0 spiro atoms. The smallest absolute Gasteiger partial charge is 0.243 e. The summed E-state index contributed by atoms with van der Waals surface area (Å²) in [7, 11) is -3.67. The second-order valence-corrected chi connectivity index (χ2v) is 8.54. The highest BCUT2D eigenvalue weighted by molar-refractivity contribution is 7.92. The van der Waals surface area contributed by atoms with E-state index in [4.69, 9.17) is 27.9 Å². The largest absolute Gasteiger partial charge is 0.492 e. The lowest BCUT2D eigenvalue weighted by Crippen LogP contribution is -2.48. The van der Waals surface area contributed by atoms with Crippen molar-refractivity contribution >= 4 is 44.8 Å². The molecule has 0 aromatic heterocycles. The molecule has 27 heavy (non-hydrogen) atoms. The number of halogens is 2. The van der Waals surface area contributed by atoms with Gasteiger partial charge in [-0.25, -0.2) is 8.42 Å². The first-order valence-electron chi connectivity index (χ1n) is 8.09. The van der Waals surface area contributed by atoms with E-state index >= 15 is 0 Å². The second kappa shape index (κ2) is 9.30. The Morgan fingerprint density at radius 3 is 2.11 bits per heavy atom. The van der Waals surface area contributed by atoms with Crippen molar-refractivity contribution in [2.75, 3.05) is 23.7 Å². The summed E-state index contributed by atoms with van der Waals surface area (Å²) in [4.78, 5) is 12.4. The molecule has 1 amide bonds. The summed E-state index contributed by atoms with van der Waals surface area (Å²) in [5.41, 5.74) is 0.363. The zero-order valence-electron chi connectivity index (χ0n) is 14.9. The van der Waals surface area contributed by atoms with Gasteiger partial charge >= 0.3 is 0 Å². The molecular formula is C18H20Cl2N2O4S. The number of carbonyl (C=O) groups is 1. The third kappa shape index (κ3) is 6.30. The van der Waals surface area contributed by atoms with Gasteiger partial charge in [-0.05, 0) is 55.5 Å². The first kappa shape index (κ1) is 21.3. The summed E-state index contributed by atoms with van der Waals surface area (Å²) in [6.07, 6.45) is 1.05. The number of carbonyl (C=O) groups excluding carboxylic acids is 1. The Morgan fingerprint density at radius 1 is 1.07 bits per heavy atom. The van der Waals surface area contributed by atoms with Crippen LogP contribution in [0.2, 0.25) is 10.0 Å². The molecule has 0 radical (unpaired) electrons. The third-order valence-corrected chi connectivity index (χ3v) is 5.40. The highest BCUT2D eigenvalue weighted by atomic mass is 35.5. The standard InChI is InChI=1S/C18H20Cl2N2O4S/c1-13(22(27(2,24)25)16-7-3-14(19)4-8-16)18(23)21-11-12-26-17-9-5-15(20)6-10-17/h3-10,13H,11-12H2,1-2H3,(H,21,23)/t13-/m1/s1. The Bertz CT molecular complexity index is 871. The molecule has 0 heterocycles. The highest BCUT2D eigenvalue weighted by Gasteiger charge is 2.28. The zero-order chi connectivity index (χ0) is 20.0. The monoisotopic (exact) mass is 430 g/mol. The average molecular weight is 431 g/mol. The Hall–Kier alpha value is -1.96. The second-order valence-electron chi connectivity index (χ2n) is 5.80. The van der Waals surface area contributed by atoms with Crippen LogP contribution in [0.4, 0.5) is 5.69 Å². The van der Waals surface area contributed by atoms with E-state index in [1.807, 2.05) is 0 Å². The number of ether oxygens (including phenoxy) is 1. The maximum Gasteiger partial charge on any atom is 0.243 e. The van der Waals surface area contributed by atoms with Crippen molar-refractivity contribution in [2.45, 2.75) is 13.0 Å². The summed E-state index contributed by atoms with van der Waals surface area (Å²) in [5, 5.41) is 3.76. The van der Waals surface area contributed by atoms with Gasteiger partial charge in [0.15, 0.2) is 0 Å². The van der Waals surface area contributed by atoms with Gasteiger partial charge in [0, 0.05) is 10.0 Å². The number of hydrogen-bond donors (Lipinski definition) is 1. The SMILES string of the molecule is C[C@H](C(=O)NCCOc1ccc(Cl)cc1)N(c1ccc(Cl)cc1)S(C)(=O)=O. The van der Waals surface area contributed by atoms with Crippen LogP contribution in [0.15, 0.2) is 48.5 Å². The molecule has 2 aromatic carbocycles. The van der Waals surface area contributed by atoms with Gasteiger partial charge in [-0.2, -0.15) is 0 Å². The number of anilines is 1. The van der Waals surface area contributed by atoms with Gasteiger partial charge in [-0.3, -0.25) is 9.10 Å². The Balaban J connectivity index is 1.96. The number of benzene rings is 2. The minimum atomic E-state index is -3.67. The van der Waals surface area contributed by atoms with Gasteiger partial charge in [0.05, 0.1) is 18.5 Å². The van der Waals surface area contributed by atoms with Crippen molar-refractivity contribution in [1.82, 2.24) is 5.32 Å². The van der Waals surface area contributed by atoms with Crippen LogP contribution in [-0.2, 0) is 14.8 Å². The Kier molecular flexibility index (Phi) is 7.35. The normalized spacial score (nSPS) is 12.3. The summed E-state index contributed by atoms with van der Waals surface area (Å²) in [6.45, 7) is 1.98. The number of nitrogens with zero attached hydrogens (tertiary/aromatic N) is 1. The van der Waals surface area contributed by atoms with Gasteiger partial charge in [0.1, 0.15) is 18.4 Å². The maximum atomic E-state index is 12.4. The molecule has 1 N–H and O–H groups in total. The molecule has 9 heteroatoms. The maximum absolute atomic E-state index is 12.4. The molecule has 2 aromatic rings. The van der Waals surface area contributed by atoms with Crippen LogP contribution < -0.4 is 14.4 Å². The molecule has 0 aliphatic rings. The number of hydrogen-bond acceptors (Lipinski definition) is 4. The zero-order valence-corrected chi connectivity index (χ0v) is 17.2. The molecule has 0 fully saturated rings. The lowest BCUT2D eigenvalue weighted by molar-refractivity contribution is -0.121. The van der Waals surface area contributed by atoms with Gasteiger partial charge in [0.2, 0.25) is 15.9 Å². The van der Waals surface area contributed by atoms with Crippen LogP contribution in [0.1, 0.15) is 6.92 Å². The Labute approximate surface area is 169 Å². The number of amides is 1. The van der Waals surface area contributed by atoms with Crippen molar-refractivity contribution in [1.29, 1.82) is 0 Å². The van der Waals surface area contributed by atoms with Crippen molar-refractivity contribution in [3.05, 3.63) is 58.6 Å².